The van der Waals surface area contributed by atoms with Gasteiger partial charge in [0.25, 0.3) is 0 Å². The molecule has 0 spiro atoms. The predicted octanol–water partition coefficient (Wildman–Crippen LogP) is 3.25. The van der Waals surface area contributed by atoms with Crippen LogP contribution in [-0.2, 0) is 16.1 Å². The number of rotatable bonds is 3. The molecule has 4 nitrogen and oxygen atoms in total. The van der Waals surface area contributed by atoms with E-state index in [0.29, 0.717) is 12.0 Å². The standard InChI is InChI=1S/C15H19NO3.ClH/c17-15(18-10-11-5-2-1-3-6-11)19-14-9-12-7-4-8-13(12)16-14;/h1-3,5-6,12-14,16H,4,7-10H2;1H/t12-,13-,14+;/m1./s1. The quantitative estimate of drug-likeness (QED) is 0.870. The molecule has 0 aromatic heterocycles. The summed E-state index contributed by atoms with van der Waals surface area (Å²) in [4.78, 5) is 11.6. The molecule has 1 saturated heterocycles. The van der Waals surface area contributed by atoms with Gasteiger partial charge < -0.3 is 9.47 Å². The van der Waals surface area contributed by atoms with Crippen LogP contribution in [0.4, 0.5) is 4.79 Å². The molecule has 1 saturated carbocycles. The van der Waals surface area contributed by atoms with Gasteiger partial charge in [-0.15, -0.1) is 12.4 Å². The van der Waals surface area contributed by atoms with E-state index in [1.165, 1.54) is 19.3 Å². The molecule has 1 aliphatic heterocycles. The molecule has 2 aliphatic rings. The van der Waals surface area contributed by atoms with Crippen LogP contribution in [0.3, 0.4) is 0 Å². The molecule has 0 bridgehead atoms. The first-order valence-corrected chi connectivity index (χ1v) is 6.94. The van der Waals surface area contributed by atoms with Crippen molar-refractivity contribution in [3.05, 3.63) is 35.9 Å². The molecular formula is C15H20ClNO3. The van der Waals surface area contributed by atoms with Crippen molar-refractivity contribution in [3.8, 4) is 0 Å². The van der Waals surface area contributed by atoms with Gasteiger partial charge in [-0.3, -0.25) is 5.32 Å². The molecule has 1 aliphatic carbocycles. The van der Waals surface area contributed by atoms with Crippen molar-refractivity contribution in [3.63, 3.8) is 0 Å². The maximum Gasteiger partial charge on any atom is 0.510 e. The lowest BCUT2D eigenvalue weighted by atomic mass is 10.0. The number of carbonyl (C=O) groups is 1. The predicted molar refractivity (Wildman–Crippen MR) is 77.6 cm³/mol. The van der Waals surface area contributed by atoms with Gasteiger partial charge in [-0.25, -0.2) is 4.79 Å². The van der Waals surface area contributed by atoms with Gasteiger partial charge >= 0.3 is 6.16 Å². The first-order chi connectivity index (χ1) is 9.31. The summed E-state index contributed by atoms with van der Waals surface area (Å²) < 4.78 is 10.4. The van der Waals surface area contributed by atoms with Crippen molar-refractivity contribution in [2.45, 2.75) is 44.6 Å². The van der Waals surface area contributed by atoms with E-state index in [1.807, 2.05) is 30.3 Å². The molecule has 0 radical (unpaired) electrons. The highest BCUT2D eigenvalue weighted by Crippen LogP contribution is 2.34. The van der Waals surface area contributed by atoms with Crippen molar-refractivity contribution in [2.75, 3.05) is 0 Å². The summed E-state index contributed by atoms with van der Waals surface area (Å²) in [6, 6.07) is 10.2. The molecule has 20 heavy (non-hydrogen) atoms. The monoisotopic (exact) mass is 297 g/mol. The Morgan fingerprint density at radius 2 is 2.05 bits per heavy atom. The Labute approximate surface area is 125 Å². The molecule has 1 aromatic rings. The van der Waals surface area contributed by atoms with Crippen LogP contribution in [0.2, 0.25) is 0 Å². The molecule has 2 fully saturated rings. The van der Waals surface area contributed by atoms with Gasteiger partial charge in [0.1, 0.15) is 6.61 Å². The van der Waals surface area contributed by atoms with Gasteiger partial charge in [-0.05, 0) is 24.3 Å². The van der Waals surface area contributed by atoms with Crippen molar-refractivity contribution in [1.29, 1.82) is 0 Å². The molecule has 1 aromatic carbocycles. The third-order valence-electron chi connectivity index (χ3n) is 4.01. The summed E-state index contributed by atoms with van der Waals surface area (Å²) in [6.45, 7) is 0.263. The van der Waals surface area contributed by atoms with Crippen LogP contribution in [0.5, 0.6) is 0 Å². The molecule has 0 amide bonds. The largest absolute Gasteiger partial charge is 0.510 e. The van der Waals surface area contributed by atoms with Crippen LogP contribution in [0.25, 0.3) is 0 Å². The Bertz CT molecular complexity index is 428. The van der Waals surface area contributed by atoms with Crippen LogP contribution in [-0.4, -0.2) is 18.4 Å². The molecule has 1 N–H and O–H groups in total. The molecule has 110 valence electrons. The summed E-state index contributed by atoms with van der Waals surface area (Å²) in [6.07, 6.45) is 3.90. The minimum atomic E-state index is -0.582. The normalized spacial score (nSPS) is 27.5. The van der Waals surface area contributed by atoms with Gasteiger partial charge in [0.05, 0.1) is 0 Å². The smallest absolute Gasteiger partial charge is 0.429 e. The van der Waals surface area contributed by atoms with Gasteiger partial charge in [0.15, 0.2) is 6.23 Å². The first-order valence-electron chi connectivity index (χ1n) is 6.94. The SMILES string of the molecule is Cl.O=C(OCc1ccccc1)O[C@H]1C[C@H]2CCC[C@H]2N1. The van der Waals surface area contributed by atoms with Gasteiger partial charge in [0.2, 0.25) is 0 Å². The van der Waals surface area contributed by atoms with Gasteiger partial charge in [0, 0.05) is 12.5 Å². The average Bonchev–Trinajstić information content (AvgIpc) is 2.98. The Kier molecular flexibility index (Phi) is 5.26. The van der Waals surface area contributed by atoms with Crippen LogP contribution < -0.4 is 5.32 Å². The summed E-state index contributed by atoms with van der Waals surface area (Å²) in [5.74, 6) is 0.673. The van der Waals surface area contributed by atoms with E-state index in [4.69, 9.17) is 9.47 Å². The number of hydrogen-bond acceptors (Lipinski definition) is 4. The number of ether oxygens (including phenoxy) is 2. The molecule has 5 heteroatoms. The van der Waals surface area contributed by atoms with E-state index in [-0.39, 0.29) is 25.2 Å². The lowest BCUT2D eigenvalue weighted by molar-refractivity contribution is 0.0116. The lowest BCUT2D eigenvalue weighted by Gasteiger charge is -2.14. The van der Waals surface area contributed by atoms with E-state index in [0.717, 1.165) is 12.0 Å². The van der Waals surface area contributed by atoms with E-state index in [9.17, 15) is 4.79 Å². The number of nitrogens with one attached hydrogen (secondary N) is 1. The lowest BCUT2D eigenvalue weighted by Crippen LogP contribution is -2.33. The average molecular weight is 298 g/mol. The summed E-state index contributed by atoms with van der Waals surface area (Å²) in [7, 11) is 0. The minimum absolute atomic E-state index is 0. The summed E-state index contributed by atoms with van der Waals surface area (Å²) >= 11 is 0. The van der Waals surface area contributed by atoms with Crippen molar-refractivity contribution in [1.82, 2.24) is 5.32 Å². The molecule has 1 heterocycles. The molecule has 3 rings (SSSR count). The Hall–Kier alpha value is -1.26. The molecule has 3 atom stereocenters. The second-order valence-corrected chi connectivity index (χ2v) is 5.33. The highest BCUT2D eigenvalue weighted by Gasteiger charge is 2.38. The highest BCUT2D eigenvalue weighted by molar-refractivity contribution is 5.85. The second-order valence-electron chi connectivity index (χ2n) is 5.33. The molecular weight excluding hydrogens is 278 g/mol. The van der Waals surface area contributed by atoms with Crippen LogP contribution in [0, 0.1) is 5.92 Å². The number of carbonyl (C=O) groups excluding carboxylic acids is 1. The maximum atomic E-state index is 11.6. The van der Waals surface area contributed by atoms with E-state index in [2.05, 4.69) is 5.32 Å². The van der Waals surface area contributed by atoms with E-state index in [1.54, 1.807) is 0 Å². The van der Waals surface area contributed by atoms with E-state index >= 15 is 0 Å². The van der Waals surface area contributed by atoms with Crippen LogP contribution in [0.1, 0.15) is 31.2 Å². The zero-order valence-corrected chi connectivity index (χ0v) is 12.1. The fourth-order valence-corrected chi connectivity index (χ4v) is 3.07. The Balaban J connectivity index is 0.00000147. The van der Waals surface area contributed by atoms with Crippen molar-refractivity contribution in [2.24, 2.45) is 5.92 Å². The fourth-order valence-electron chi connectivity index (χ4n) is 3.07. The van der Waals surface area contributed by atoms with Crippen LogP contribution in [0.15, 0.2) is 30.3 Å². The number of halogens is 1. The van der Waals surface area contributed by atoms with Gasteiger partial charge in [-0.2, -0.15) is 0 Å². The highest BCUT2D eigenvalue weighted by atomic mass is 35.5. The number of benzene rings is 1. The van der Waals surface area contributed by atoms with Crippen LogP contribution >= 0.6 is 12.4 Å². The topological polar surface area (TPSA) is 47.6 Å². The van der Waals surface area contributed by atoms with Gasteiger partial charge in [-0.1, -0.05) is 36.8 Å². The minimum Gasteiger partial charge on any atom is -0.429 e. The zero-order chi connectivity index (χ0) is 13.1. The Morgan fingerprint density at radius 1 is 1.25 bits per heavy atom. The maximum absolute atomic E-state index is 11.6. The Morgan fingerprint density at radius 3 is 2.80 bits per heavy atom. The third-order valence-corrected chi connectivity index (χ3v) is 4.01. The number of fused-ring (bicyclic) bond motifs is 1. The van der Waals surface area contributed by atoms with Crippen molar-refractivity contribution < 1.29 is 14.3 Å². The van der Waals surface area contributed by atoms with Crippen molar-refractivity contribution >= 4 is 18.6 Å². The summed E-state index contributed by atoms with van der Waals surface area (Å²) in [5, 5.41) is 3.36. The second kappa shape index (κ2) is 6.95. The zero-order valence-electron chi connectivity index (χ0n) is 11.3. The molecule has 0 unspecified atom stereocenters. The fraction of sp³-hybridized carbons (Fsp3) is 0.533. The summed E-state index contributed by atoms with van der Waals surface area (Å²) in [5.41, 5.74) is 0.968. The third kappa shape index (κ3) is 3.64. The van der Waals surface area contributed by atoms with E-state index < -0.39 is 6.16 Å². The number of hydrogen-bond donors (Lipinski definition) is 1. The first kappa shape index (κ1) is 15.1.